The SMILES string of the molecule is CCCCCCCCCCCCCCOC(=O)[C@H](Cc1ccccc1)NP(=O)(Cl)Oc1ccccc1. The number of carbonyl (C=O) groups excluding carboxylic acids is 1. The molecule has 2 atom stereocenters. The molecule has 5 nitrogen and oxygen atoms in total. The summed E-state index contributed by atoms with van der Waals surface area (Å²) in [6, 6.07) is 17.3. The Morgan fingerprint density at radius 1 is 0.806 bits per heavy atom. The zero-order chi connectivity index (χ0) is 25.9. The second-order valence-corrected chi connectivity index (χ2v) is 12.0. The van der Waals surface area contributed by atoms with Crippen LogP contribution in [0.2, 0.25) is 0 Å². The van der Waals surface area contributed by atoms with Gasteiger partial charge in [-0.1, -0.05) is 126 Å². The molecule has 0 aliphatic rings. The molecule has 1 N–H and O–H groups in total. The van der Waals surface area contributed by atoms with E-state index in [-0.39, 0.29) is 0 Å². The summed E-state index contributed by atoms with van der Waals surface area (Å²) in [4.78, 5) is 12.9. The Morgan fingerprint density at radius 3 is 1.86 bits per heavy atom. The summed E-state index contributed by atoms with van der Waals surface area (Å²) >= 11 is 6.18. The highest BCUT2D eigenvalue weighted by molar-refractivity contribution is 7.84. The maximum Gasteiger partial charge on any atom is 0.409 e. The fraction of sp³-hybridized carbons (Fsp3) is 0.552. The van der Waals surface area contributed by atoms with E-state index in [0.29, 0.717) is 18.8 Å². The maximum absolute atomic E-state index is 12.9. The molecule has 0 radical (unpaired) electrons. The molecule has 0 aliphatic carbocycles. The van der Waals surface area contributed by atoms with Gasteiger partial charge in [-0.15, -0.1) is 0 Å². The summed E-state index contributed by atoms with van der Waals surface area (Å²) in [7, 11) is 0. The van der Waals surface area contributed by atoms with Gasteiger partial charge in [0.2, 0.25) is 0 Å². The summed E-state index contributed by atoms with van der Waals surface area (Å²) in [6.45, 7) is -1.22. The minimum Gasteiger partial charge on any atom is -0.465 e. The third-order valence-electron chi connectivity index (χ3n) is 6.09. The Bertz CT molecular complexity index is 881. The normalized spacial score (nSPS) is 13.6. The van der Waals surface area contributed by atoms with Crippen molar-refractivity contribution in [2.75, 3.05) is 6.61 Å². The van der Waals surface area contributed by atoms with Crippen LogP contribution in [0.25, 0.3) is 0 Å². The van der Waals surface area contributed by atoms with Crippen LogP contribution < -0.4 is 9.61 Å². The minimum absolute atomic E-state index is 0.299. The number of benzene rings is 2. The van der Waals surface area contributed by atoms with Gasteiger partial charge in [-0.3, -0.25) is 4.79 Å². The molecule has 0 aromatic heterocycles. The third kappa shape index (κ3) is 14.1. The number of hydrogen-bond acceptors (Lipinski definition) is 4. The van der Waals surface area contributed by atoms with Gasteiger partial charge in [-0.2, -0.15) is 0 Å². The molecule has 36 heavy (non-hydrogen) atoms. The highest BCUT2D eigenvalue weighted by atomic mass is 35.7. The van der Waals surface area contributed by atoms with Crippen molar-refractivity contribution in [3.8, 4) is 5.75 Å². The van der Waals surface area contributed by atoms with Crippen molar-refractivity contribution in [2.24, 2.45) is 0 Å². The summed E-state index contributed by atoms with van der Waals surface area (Å²) in [6.07, 6.45) is 15.2. The molecule has 7 heteroatoms. The van der Waals surface area contributed by atoms with Gasteiger partial charge in [0.05, 0.1) is 6.61 Å². The van der Waals surface area contributed by atoms with E-state index in [0.717, 1.165) is 24.8 Å². The van der Waals surface area contributed by atoms with E-state index in [2.05, 4.69) is 12.0 Å². The first-order valence-corrected chi connectivity index (χ1v) is 16.1. The predicted octanol–water partition coefficient (Wildman–Crippen LogP) is 8.86. The fourth-order valence-electron chi connectivity index (χ4n) is 4.08. The van der Waals surface area contributed by atoms with E-state index in [4.69, 9.17) is 20.5 Å². The Morgan fingerprint density at radius 2 is 1.31 bits per heavy atom. The standard InChI is InChI=1S/C29H43ClNO4P/c1-2-3-4-5-6-7-8-9-10-11-12-19-24-34-29(32)28(25-26-20-15-13-16-21-26)31-36(30,33)35-27-22-17-14-18-23-27/h13-18,20-23,28H,2-12,19,24-25H2,1H3,(H,31,33)/t28-,36?/m0/s1. The second kappa shape index (κ2) is 18.4. The number of para-hydroxylation sites is 1. The molecule has 0 aliphatic heterocycles. The quantitative estimate of drug-likeness (QED) is 0.104. The first kappa shape index (κ1) is 30.4. The highest BCUT2D eigenvalue weighted by Crippen LogP contribution is 2.48. The third-order valence-corrected chi connectivity index (χ3v) is 7.65. The molecule has 0 amide bonds. The largest absolute Gasteiger partial charge is 0.465 e. The van der Waals surface area contributed by atoms with Gasteiger partial charge < -0.3 is 9.26 Å². The number of halogens is 1. The molecular weight excluding hydrogens is 493 g/mol. The van der Waals surface area contributed by atoms with E-state index in [9.17, 15) is 9.36 Å². The van der Waals surface area contributed by atoms with Gasteiger partial charge in [-0.25, -0.2) is 9.65 Å². The van der Waals surface area contributed by atoms with Gasteiger partial charge in [-0.05, 0) is 30.5 Å². The number of ether oxygens (including phenoxy) is 1. The number of nitrogens with one attached hydrogen (secondary N) is 1. The Hall–Kier alpha value is -1.81. The zero-order valence-corrected chi connectivity index (χ0v) is 23.4. The monoisotopic (exact) mass is 535 g/mol. The Kier molecular flexibility index (Phi) is 15.6. The highest BCUT2D eigenvalue weighted by Gasteiger charge is 2.31. The number of unbranched alkanes of at least 4 members (excludes halogenated alkanes) is 11. The van der Waals surface area contributed by atoms with Crippen molar-refractivity contribution in [2.45, 2.75) is 96.4 Å². The molecule has 2 aromatic carbocycles. The van der Waals surface area contributed by atoms with Gasteiger partial charge in [0.15, 0.2) is 0 Å². The molecular formula is C29H43ClNO4P. The second-order valence-electron chi connectivity index (χ2n) is 9.31. The van der Waals surface area contributed by atoms with E-state index in [1.54, 1.807) is 24.3 Å². The minimum atomic E-state index is -3.81. The van der Waals surface area contributed by atoms with E-state index >= 15 is 0 Å². The smallest absolute Gasteiger partial charge is 0.409 e. The van der Waals surface area contributed by atoms with Crippen LogP contribution in [0.3, 0.4) is 0 Å². The number of carbonyl (C=O) groups is 1. The molecule has 0 spiro atoms. The van der Waals surface area contributed by atoms with Crippen LogP contribution in [-0.2, 0) is 20.5 Å². The summed E-state index contributed by atoms with van der Waals surface area (Å²) < 4.78 is 23.9. The summed E-state index contributed by atoms with van der Waals surface area (Å²) in [5.41, 5.74) is 0.911. The van der Waals surface area contributed by atoms with Crippen LogP contribution in [-0.4, -0.2) is 18.6 Å². The van der Waals surface area contributed by atoms with Gasteiger partial charge >= 0.3 is 12.8 Å². The number of hydrogen-bond donors (Lipinski definition) is 1. The number of esters is 1. The Balaban J connectivity index is 1.71. The zero-order valence-electron chi connectivity index (χ0n) is 21.7. The van der Waals surface area contributed by atoms with Crippen LogP contribution in [0.15, 0.2) is 60.7 Å². The average Bonchev–Trinajstić information content (AvgIpc) is 2.87. The number of rotatable bonds is 20. The molecule has 0 bridgehead atoms. The molecule has 0 saturated carbocycles. The van der Waals surface area contributed by atoms with Crippen molar-refractivity contribution in [1.29, 1.82) is 0 Å². The van der Waals surface area contributed by atoms with Crippen molar-refractivity contribution >= 4 is 24.1 Å². The molecule has 0 heterocycles. The van der Waals surface area contributed by atoms with Crippen molar-refractivity contribution in [1.82, 2.24) is 5.09 Å². The lowest BCUT2D eigenvalue weighted by atomic mass is 10.1. The van der Waals surface area contributed by atoms with Crippen LogP contribution in [0.4, 0.5) is 0 Å². The molecule has 0 saturated heterocycles. The van der Waals surface area contributed by atoms with Crippen molar-refractivity contribution in [3.05, 3.63) is 66.2 Å². The first-order valence-electron chi connectivity index (χ1n) is 13.5. The first-order chi connectivity index (χ1) is 17.5. The van der Waals surface area contributed by atoms with E-state index in [1.807, 2.05) is 36.4 Å². The van der Waals surface area contributed by atoms with Crippen LogP contribution in [0, 0.1) is 0 Å². The van der Waals surface area contributed by atoms with Crippen molar-refractivity contribution in [3.63, 3.8) is 0 Å². The lowest BCUT2D eigenvalue weighted by molar-refractivity contribution is -0.145. The molecule has 2 aromatic rings. The van der Waals surface area contributed by atoms with Gasteiger partial charge in [0.25, 0.3) is 0 Å². The predicted molar refractivity (Wildman–Crippen MR) is 150 cm³/mol. The molecule has 1 unspecified atom stereocenters. The van der Waals surface area contributed by atoms with Crippen LogP contribution in [0.5, 0.6) is 5.75 Å². The average molecular weight is 536 g/mol. The maximum atomic E-state index is 12.9. The summed E-state index contributed by atoms with van der Waals surface area (Å²) in [5.74, 6) is -0.105. The lowest BCUT2D eigenvalue weighted by Crippen LogP contribution is -2.38. The topological polar surface area (TPSA) is 64.6 Å². The van der Waals surface area contributed by atoms with Crippen LogP contribution in [0.1, 0.15) is 89.5 Å². The lowest BCUT2D eigenvalue weighted by Gasteiger charge is -2.21. The molecule has 0 fully saturated rings. The fourth-order valence-corrected chi connectivity index (χ4v) is 5.68. The van der Waals surface area contributed by atoms with Crippen molar-refractivity contribution < 1.29 is 18.6 Å². The van der Waals surface area contributed by atoms with Gasteiger partial charge in [0.1, 0.15) is 11.8 Å². The summed E-state index contributed by atoms with van der Waals surface area (Å²) in [5, 5.41) is 2.71. The van der Waals surface area contributed by atoms with E-state index < -0.39 is 18.9 Å². The van der Waals surface area contributed by atoms with Crippen LogP contribution >= 0.6 is 18.1 Å². The molecule has 200 valence electrons. The molecule has 2 rings (SSSR count). The van der Waals surface area contributed by atoms with E-state index in [1.165, 1.54) is 57.8 Å². The van der Waals surface area contributed by atoms with Gasteiger partial charge in [0, 0.05) is 11.2 Å². The Labute approximate surface area is 222 Å².